The summed E-state index contributed by atoms with van der Waals surface area (Å²) < 4.78 is 41.1. The van der Waals surface area contributed by atoms with Crippen LogP contribution in [0.3, 0.4) is 0 Å². The molecule has 0 saturated carbocycles. The molecule has 2 aromatic heterocycles. The molecule has 27 heavy (non-hydrogen) atoms. The first-order chi connectivity index (χ1) is 12.8. The largest absolute Gasteiger partial charge is 0.417 e. The van der Waals surface area contributed by atoms with Crippen LogP contribution in [0.2, 0.25) is 0 Å². The van der Waals surface area contributed by atoms with Gasteiger partial charge in [-0.25, -0.2) is 0 Å². The van der Waals surface area contributed by atoms with Crippen molar-refractivity contribution in [2.45, 2.75) is 39.0 Å². The van der Waals surface area contributed by atoms with E-state index in [1.807, 2.05) is 0 Å². The first-order valence-electron chi connectivity index (χ1n) is 9.13. The van der Waals surface area contributed by atoms with Crippen molar-refractivity contribution < 1.29 is 13.2 Å². The average Bonchev–Trinajstić information content (AvgIpc) is 2.92. The van der Waals surface area contributed by atoms with Crippen molar-refractivity contribution in [1.82, 2.24) is 14.5 Å². The summed E-state index contributed by atoms with van der Waals surface area (Å²) in [6.45, 7) is 4.65. The normalized spacial score (nSPS) is 15.3. The number of rotatable bonds is 3. The number of alkyl halides is 3. The number of benzene rings is 1. The van der Waals surface area contributed by atoms with Crippen LogP contribution in [-0.4, -0.2) is 28.0 Å². The van der Waals surface area contributed by atoms with E-state index in [2.05, 4.69) is 46.6 Å². The monoisotopic (exact) mass is 373 g/mol. The van der Waals surface area contributed by atoms with E-state index in [4.69, 9.17) is 0 Å². The van der Waals surface area contributed by atoms with Crippen molar-refractivity contribution in [1.29, 1.82) is 0 Å². The standard InChI is InChI=1S/C21H22F3N3/c1-14-3-4-19-17(9-14)18-13-26(2)7-6-20(18)27(19)8-5-15-10-16(12-25-11-15)21(22,23)24/h3-4,9-12H,5-8,13H2,1-2H3. The van der Waals surface area contributed by atoms with E-state index < -0.39 is 11.7 Å². The predicted octanol–water partition coefficient (Wildman–Crippen LogP) is 4.59. The van der Waals surface area contributed by atoms with E-state index in [1.54, 1.807) is 0 Å². The van der Waals surface area contributed by atoms with E-state index in [0.29, 0.717) is 18.5 Å². The molecule has 0 radical (unpaired) electrons. The molecule has 0 fully saturated rings. The molecular weight excluding hydrogens is 351 g/mol. The van der Waals surface area contributed by atoms with Crippen LogP contribution >= 0.6 is 0 Å². The summed E-state index contributed by atoms with van der Waals surface area (Å²) in [5.41, 5.74) is 4.98. The van der Waals surface area contributed by atoms with Gasteiger partial charge in [0, 0.05) is 55.0 Å². The third-order valence-electron chi connectivity index (χ3n) is 5.35. The fourth-order valence-corrected chi connectivity index (χ4v) is 3.97. The van der Waals surface area contributed by atoms with Gasteiger partial charge < -0.3 is 9.47 Å². The van der Waals surface area contributed by atoms with Gasteiger partial charge in [-0.2, -0.15) is 13.2 Å². The highest BCUT2D eigenvalue weighted by Gasteiger charge is 2.31. The zero-order valence-electron chi connectivity index (χ0n) is 15.5. The van der Waals surface area contributed by atoms with Gasteiger partial charge in [0.15, 0.2) is 0 Å². The molecule has 3 aromatic rings. The van der Waals surface area contributed by atoms with Gasteiger partial charge in [0.05, 0.1) is 5.56 Å². The van der Waals surface area contributed by atoms with Crippen molar-refractivity contribution in [2.24, 2.45) is 0 Å². The van der Waals surface area contributed by atoms with Crippen molar-refractivity contribution in [3.63, 3.8) is 0 Å². The van der Waals surface area contributed by atoms with Gasteiger partial charge in [0.1, 0.15) is 0 Å². The van der Waals surface area contributed by atoms with Gasteiger partial charge in [-0.1, -0.05) is 11.6 Å². The van der Waals surface area contributed by atoms with Crippen molar-refractivity contribution in [3.05, 3.63) is 64.6 Å². The summed E-state index contributed by atoms with van der Waals surface area (Å²) in [6.07, 6.45) is -0.456. The molecular formula is C21H22F3N3. The van der Waals surface area contributed by atoms with Crippen LogP contribution in [0.15, 0.2) is 36.7 Å². The maximum absolute atomic E-state index is 12.9. The fraction of sp³-hybridized carbons (Fsp3) is 0.381. The van der Waals surface area contributed by atoms with Crippen LogP contribution in [0.25, 0.3) is 10.9 Å². The molecule has 0 aliphatic carbocycles. The lowest BCUT2D eigenvalue weighted by Crippen LogP contribution is -2.27. The Labute approximate surface area is 156 Å². The van der Waals surface area contributed by atoms with Crippen LogP contribution in [0, 0.1) is 6.92 Å². The lowest BCUT2D eigenvalue weighted by molar-refractivity contribution is -0.137. The van der Waals surface area contributed by atoms with E-state index in [-0.39, 0.29) is 0 Å². The molecule has 0 atom stereocenters. The number of fused-ring (bicyclic) bond motifs is 3. The average molecular weight is 373 g/mol. The summed E-state index contributed by atoms with van der Waals surface area (Å²) in [5.74, 6) is 0. The second kappa shape index (κ2) is 6.68. The topological polar surface area (TPSA) is 21.1 Å². The third-order valence-corrected chi connectivity index (χ3v) is 5.35. The summed E-state index contributed by atoms with van der Waals surface area (Å²) >= 11 is 0. The van der Waals surface area contributed by atoms with Gasteiger partial charge in [-0.15, -0.1) is 0 Å². The first kappa shape index (κ1) is 18.0. The minimum absolute atomic E-state index is 0.525. The van der Waals surface area contributed by atoms with Gasteiger partial charge >= 0.3 is 6.18 Å². The maximum atomic E-state index is 12.9. The van der Waals surface area contributed by atoms with Crippen LogP contribution < -0.4 is 0 Å². The molecule has 6 heteroatoms. The maximum Gasteiger partial charge on any atom is 0.417 e. The van der Waals surface area contributed by atoms with Crippen LogP contribution in [0.1, 0.15) is 27.9 Å². The molecule has 3 heterocycles. The highest BCUT2D eigenvalue weighted by molar-refractivity contribution is 5.86. The molecule has 4 rings (SSSR count). The number of hydrogen-bond acceptors (Lipinski definition) is 2. The predicted molar refractivity (Wildman–Crippen MR) is 99.7 cm³/mol. The molecule has 142 valence electrons. The summed E-state index contributed by atoms with van der Waals surface area (Å²) in [7, 11) is 2.12. The lowest BCUT2D eigenvalue weighted by atomic mass is 10.0. The number of likely N-dealkylation sites (N-methyl/N-ethyl adjacent to an activating group) is 1. The zero-order chi connectivity index (χ0) is 19.2. The molecule has 0 amide bonds. The molecule has 1 aliphatic heterocycles. The highest BCUT2D eigenvalue weighted by Crippen LogP contribution is 2.32. The number of halogens is 3. The Morgan fingerprint density at radius 2 is 1.96 bits per heavy atom. The third kappa shape index (κ3) is 3.46. The Balaban J connectivity index is 1.69. The van der Waals surface area contributed by atoms with Gasteiger partial charge in [0.25, 0.3) is 0 Å². The Morgan fingerprint density at radius 1 is 1.15 bits per heavy atom. The summed E-state index contributed by atoms with van der Waals surface area (Å²) in [5, 5.41) is 1.26. The number of pyridine rings is 1. The number of nitrogens with zero attached hydrogens (tertiary/aromatic N) is 3. The minimum Gasteiger partial charge on any atom is -0.344 e. The van der Waals surface area contributed by atoms with Crippen LogP contribution in [0.4, 0.5) is 13.2 Å². The second-order valence-corrected chi connectivity index (χ2v) is 7.41. The molecule has 0 saturated heterocycles. The Morgan fingerprint density at radius 3 is 2.74 bits per heavy atom. The molecule has 0 spiro atoms. The Kier molecular flexibility index (Phi) is 4.46. The summed E-state index contributed by atoms with van der Waals surface area (Å²) in [4.78, 5) is 6.10. The zero-order valence-corrected chi connectivity index (χ0v) is 15.5. The van der Waals surface area contributed by atoms with E-state index in [9.17, 15) is 13.2 Å². The van der Waals surface area contributed by atoms with E-state index in [0.717, 1.165) is 25.7 Å². The van der Waals surface area contributed by atoms with E-state index in [1.165, 1.54) is 40.0 Å². The Bertz CT molecular complexity index is 988. The molecule has 1 aliphatic rings. The van der Waals surface area contributed by atoms with Crippen molar-refractivity contribution in [3.8, 4) is 0 Å². The fourth-order valence-electron chi connectivity index (χ4n) is 3.97. The van der Waals surface area contributed by atoms with Crippen LogP contribution in [0.5, 0.6) is 0 Å². The Hall–Kier alpha value is -2.34. The number of hydrogen-bond donors (Lipinski definition) is 0. The smallest absolute Gasteiger partial charge is 0.344 e. The van der Waals surface area contributed by atoms with Gasteiger partial charge in [0.2, 0.25) is 0 Å². The van der Waals surface area contributed by atoms with Crippen molar-refractivity contribution in [2.75, 3.05) is 13.6 Å². The molecule has 0 N–H and O–H groups in total. The van der Waals surface area contributed by atoms with Crippen molar-refractivity contribution >= 4 is 10.9 Å². The summed E-state index contributed by atoms with van der Waals surface area (Å²) in [6, 6.07) is 7.66. The number of aryl methyl sites for hydroxylation is 3. The van der Waals surface area contributed by atoms with Gasteiger partial charge in [-0.3, -0.25) is 4.98 Å². The highest BCUT2D eigenvalue weighted by atomic mass is 19.4. The van der Waals surface area contributed by atoms with Crippen LogP contribution in [-0.2, 0) is 32.1 Å². The first-order valence-corrected chi connectivity index (χ1v) is 9.13. The minimum atomic E-state index is -4.36. The molecule has 1 aromatic carbocycles. The second-order valence-electron chi connectivity index (χ2n) is 7.41. The van der Waals surface area contributed by atoms with Gasteiger partial charge in [-0.05, 0) is 49.7 Å². The quantitative estimate of drug-likeness (QED) is 0.669. The molecule has 3 nitrogen and oxygen atoms in total. The number of aromatic nitrogens is 2. The van der Waals surface area contributed by atoms with E-state index >= 15 is 0 Å². The lowest BCUT2D eigenvalue weighted by Gasteiger charge is -2.24. The molecule has 0 bridgehead atoms. The SMILES string of the molecule is Cc1ccc2c(c1)c1c(n2CCc2cncc(C(F)(F)F)c2)CCN(C)C1. The molecule has 0 unspecified atom stereocenters.